The number of halogens is 2. The van der Waals surface area contributed by atoms with Crippen molar-refractivity contribution in [2.24, 2.45) is 0 Å². The number of nitrogens with one attached hydrogen (secondary N) is 2. The molecule has 1 aromatic heterocycles. The summed E-state index contributed by atoms with van der Waals surface area (Å²) >= 11 is 7.26. The summed E-state index contributed by atoms with van der Waals surface area (Å²) in [7, 11) is 0. The molecule has 1 heterocycles. The van der Waals surface area contributed by atoms with Crippen LogP contribution in [0.2, 0.25) is 5.02 Å². The predicted molar refractivity (Wildman–Crippen MR) is 115 cm³/mol. The zero-order chi connectivity index (χ0) is 21.3. The number of carbonyl (C=O) groups is 2. The van der Waals surface area contributed by atoms with Crippen molar-refractivity contribution in [3.63, 3.8) is 0 Å². The van der Waals surface area contributed by atoms with Gasteiger partial charge in [0.05, 0.1) is 13.0 Å². The molecule has 0 spiro atoms. The Morgan fingerprint density at radius 3 is 2.27 bits per heavy atom. The molecule has 9 heteroatoms. The topological polar surface area (TPSA) is 84.0 Å². The van der Waals surface area contributed by atoms with Crippen molar-refractivity contribution in [1.82, 2.24) is 15.5 Å². The van der Waals surface area contributed by atoms with Crippen LogP contribution in [0.1, 0.15) is 11.1 Å². The van der Waals surface area contributed by atoms with Crippen LogP contribution in [0.15, 0.2) is 65.7 Å². The van der Waals surface area contributed by atoms with E-state index >= 15 is 0 Å². The molecule has 0 aliphatic rings. The van der Waals surface area contributed by atoms with E-state index in [-0.39, 0.29) is 30.5 Å². The molecule has 0 fully saturated rings. The van der Waals surface area contributed by atoms with Crippen LogP contribution in [-0.2, 0) is 21.8 Å². The Labute approximate surface area is 182 Å². The molecule has 2 N–H and O–H groups in total. The Bertz CT molecular complexity index is 999. The van der Waals surface area contributed by atoms with Crippen molar-refractivity contribution in [3.8, 4) is 0 Å². The molecule has 0 atom stereocenters. The highest BCUT2D eigenvalue weighted by molar-refractivity contribution is 7.98. The first kappa shape index (κ1) is 21.7. The van der Waals surface area contributed by atoms with E-state index in [1.165, 1.54) is 23.9 Å². The first-order chi connectivity index (χ1) is 14.5. The van der Waals surface area contributed by atoms with Crippen LogP contribution in [0.5, 0.6) is 0 Å². The lowest BCUT2D eigenvalue weighted by Crippen LogP contribution is -2.34. The molecule has 0 saturated carbocycles. The number of nitrogens with zero attached hydrogens (tertiary/aromatic N) is 2. The zero-order valence-corrected chi connectivity index (χ0v) is 17.3. The average Bonchev–Trinajstić information content (AvgIpc) is 2.75. The third-order valence-electron chi connectivity index (χ3n) is 3.93. The Morgan fingerprint density at radius 2 is 1.60 bits per heavy atom. The highest BCUT2D eigenvalue weighted by Crippen LogP contribution is 2.21. The van der Waals surface area contributed by atoms with Gasteiger partial charge in [0.15, 0.2) is 5.82 Å². The van der Waals surface area contributed by atoms with Crippen LogP contribution < -0.4 is 10.6 Å². The van der Waals surface area contributed by atoms with E-state index < -0.39 is 5.91 Å². The van der Waals surface area contributed by atoms with Crippen LogP contribution in [0.4, 0.5) is 10.2 Å². The molecule has 30 heavy (non-hydrogen) atoms. The van der Waals surface area contributed by atoms with Crippen molar-refractivity contribution in [1.29, 1.82) is 0 Å². The molecule has 2 amide bonds. The van der Waals surface area contributed by atoms with E-state index in [0.717, 1.165) is 11.1 Å². The van der Waals surface area contributed by atoms with Crippen molar-refractivity contribution in [2.75, 3.05) is 11.9 Å². The fraction of sp³-hybridized carbons (Fsp3) is 0.143. The maximum atomic E-state index is 12.9. The van der Waals surface area contributed by atoms with Crippen LogP contribution in [0, 0.1) is 5.82 Å². The molecule has 6 nitrogen and oxygen atoms in total. The van der Waals surface area contributed by atoms with Gasteiger partial charge in [-0.3, -0.25) is 9.59 Å². The number of thioether (sulfide) groups is 1. The van der Waals surface area contributed by atoms with E-state index in [1.807, 2.05) is 0 Å². The van der Waals surface area contributed by atoms with E-state index in [0.29, 0.717) is 15.8 Å². The van der Waals surface area contributed by atoms with Gasteiger partial charge >= 0.3 is 0 Å². The molecule has 0 aliphatic carbocycles. The number of aromatic nitrogens is 2. The third-order valence-corrected chi connectivity index (χ3v) is 5.17. The van der Waals surface area contributed by atoms with Gasteiger partial charge in [0.1, 0.15) is 10.8 Å². The Hall–Kier alpha value is -2.97. The maximum Gasteiger partial charge on any atom is 0.244 e. The van der Waals surface area contributed by atoms with Gasteiger partial charge in [-0.2, -0.15) is 0 Å². The SMILES string of the molecule is O=C(Cc1ccc(Cl)cc1)NCC(=O)Nc1ccc(SCc2ccc(F)cc2)nn1. The van der Waals surface area contributed by atoms with Crippen LogP contribution in [0.3, 0.4) is 0 Å². The second kappa shape index (κ2) is 10.7. The highest BCUT2D eigenvalue weighted by atomic mass is 35.5. The lowest BCUT2D eigenvalue weighted by atomic mass is 10.1. The molecule has 3 aromatic rings. The summed E-state index contributed by atoms with van der Waals surface area (Å²) in [5, 5.41) is 14.4. The van der Waals surface area contributed by atoms with Gasteiger partial charge in [-0.15, -0.1) is 10.2 Å². The standard InChI is InChI=1S/C21H18ClFN4O2S/c22-16-5-1-14(2-6-16)11-19(28)24-12-20(29)25-18-9-10-21(27-26-18)30-13-15-3-7-17(23)8-4-15/h1-10H,11-13H2,(H,24,28)(H,25,26,29). The molecule has 0 radical (unpaired) electrons. The molecule has 154 valence electrons. The molecule has 2 aromatic carbocycles. The predicted octanol–water partition coefficient (Wildman–Crippen LogP) is 3.86. The first-order valence-corrected chi connectivity index (χ1v) is 10.4. The quantitative estimate of drug-likeness (QED) is 0.515. The summed E-state index contributed by atoms with van der Waals surface area (Å²) in [6.45, 7) is -0.171. The summed E-state index contributed by atoms with van der Waals surface area (Å²) in [6.07, 6.45) is 0.157. The third kappa shape index (κ3) is 7.13. The summed E-state index contributed by atoms with van der Waals surface area (Å²) in [5.41, 5.74) is 1.77. The van der Waals surface area contributed by atoms with Gasteiger partial charge in [0.2, 0.25) is 11.8 Å². The smallest absolute Gasteiger partial charge is 0.244 e. The Kier molecular flexibility index (Phi) is 7.75. The molecule has 3 rings (SSSR count). The van der Waals surface area contributed by atoms with E-state index in [2.05, 4.69) is 20.8 Å². The van der Waals surface area contributed by atoms with E-state index in [1.54, 1.807) is 48.5 Å². The van der Waals surface area contributed by atoms with Gasteiger partial charge in [-0.1, -0.05) is 47.6 Å². The number of hydrogen-bond acceptors (Lipinski definition) is 5. The van der Waals surface area contributed by atoms with Crippen LogP contribution in [-0.4, -0.2) is 28.6 Å². The number of carbonyl (C=O) groups excluding carboxylic acids is 2. The summed E-state index contributed by atoms with van der Waals surface area (Å²) in [5.74, 6) is -0.0326. The molecule has 0 unspecified atom stereocenters. The van der Waals surface area contributed by atoms with Crippen LogP contribution in [0.25, 0.3) is 0 Å². The van der Waals surface area contributed by atoms with Crippen LogP contribution >= 0.6 is 23.4 Å². The Balaban J connectivity index is 1.40. The van der Waals surface area contributed by atoms with Crippen molar-refractivity contribution >= 4 is 41.0 Å². The molecule has 0 saturated heterocycles. The number of benzene rings is 2. The zero-order valence-electron chi connectivity index (χ0n) is 15.8. The molecular formula is C21H18ClFN4O2S. The van der Waals surface area contributed by atoms with Crippen molar-refractivity contribution in [2.45, 2.75) is 17.2 Å². The normalized spacial score (nSPS) is 10.5. The van der Waals surface area contributed by atoms with Gasteiger partial charge in [0, 0.05) is 10.8 Å². The second-order valence-corrected chi connectivity index (χ2v) is 7.73. The minimum atomic E-state index is -0.402. The lowest BCUT2D eigenvalue weighted by Gasteiger charge is -2.07. The highest BCUT2D eigenvalue weighted by Gasteiger charge is 2.08. The van der Waals surface area contributed by atoms with Crippen molar-refractivity contribution in [3.05, 3.63) is 82.6 Å². The Morgan fingerprint density at radius 1 is 0.900 bits per heavy atom. The number of hydrogen-bond donors (Lipinski definition) is 2. The minimum Gasteiger partial charge on any atom is -0.347 e. The van der Waals surface area contributed by atoms with Crippen molar-refractivity contribution < 1.29 is 14.0 Å². The molecule has 0 bridgehead atoms. The monoisotopic (exact) mass is 444 g/mol. The summed E-state index contributed by atoms with van der Waals surface area (Å²) in [6, 6.07) is 16.5. The number of amides is 2. The van der Waals surface area contributed by atoms with Gasteiger partial charge in [-0.05, 0) is 47.5 Å². The van der Waals surface area contributed by atoms with E-state index in [4.69, 9.17) is 11.6 Å². The maximum absolute atomic E-state index is 12.9. The van der Waals surface area contributed by atoms with Gasteiger partial charge < -0.3 is 10.6 Å². The average molecular weight is 445 g/mol. The second-order valence-electron chi connectivity index (χ2n) is 6.30. The fourth-order valence-corrected chi connectivity index (χ4v) is 3.31. The first-order valence-electron chi connectivity index (χ1n) is 9.00. The number of anilines is 1. The lowest BCUT2D eigenvalue weighted by molar-refractivity contribution is -0.123. The summed E-state index contributed by atoms with van der Waals surface area (Å²) in [4.78, 5) is 23.9. The minimum absolute atomic E-state index is 0.157. The van der Waals surface area contributed by atoms with Gasteiger partial charge in [-0.25, -0.2) is 4.39 Å². The van der Waals surface area contributed by atoms with Gasteiger partial charge in [0.25, 0.3) is 0 Å². The summed E-state index contributed by atoms with van der Waals surface area (Å²) < 4.78 is 12.9. The molecule has 0 aliphatic heterocycles. The molecular weight excluding hydrogens is 427 g/mol. The largest absolute Gasteiger partial charge is 0.347 e. The fourth-order valence-electron chi connectivity index (χ4n) is 2.42. The van der Waals surface area contributed by atoms with E-state index in [9.17, 15) is 14.0 Å². The number of rotatable bonds is 8.